The van der Waals surface area contributed by atoms with Gasteiger partial charge in [-0.1, -0.05) is 12.1 Å². The number of benzene rings is 1. The molecule has 1 atom stereocenters. The number of carbonyl (C=O) groups excluding carboxylic acids is 1. The smallest absolute Gasteiger partial charge is 0.220 e. The summed E-state index contributed by atoms with van der Waals surface area (Å²) >= 11 is 1.76. The van der Waals surface area contributed by atoms with Crippen LogP contribution in [0.4, 0.5) is 0 Å². The summed E-state index contributed by atoms with van der Waals surface area (Å²) in [6, 6.07) is 7.82. The summed E-state index contributed by atoms with van der Waals surface area (Å²) < 4.78 is 0. The Morgan fingerprint density at radius 1 is 1.48 bits per heavy atom. The number of thioether (sulfide) groups is 1. The third kappa shape index (κ3) is 4.47. The Hall–Kier alpha value is -1.53. The second-order valence-electron chi connectivity index (χ2n) is 4.93. The molecule has 0 radical (unpaired) electrons. The molecule has 1 aromatic carbocycles. The van der Waals surface area contributed by atoms with Crippen LogP contribution in [0.5, 0.6) is 0 Å². The highest BCUT2D eigenvalue weighted by Gasteiger charge is 2.17. The summed E-state index contributed by atoms with van der Waals surface area (Å²) in [5.74, 6) is 1.83. The van der Waals surface area contributed by atoms with E-state index in [2.05, 4.69) is 21.5 Å². The van der Waals surface area contributed by atoms with E-state index in [4.69, 9.17) is 5.73 Å². The monoisotopic (exact) mass is 306 g/mol. The SMILES string of the molecule is CSCCC(NC(=O)CCCN)c1nc2ccccc2[nH]1. The van der Waals surface area contributed by atoms with Crippen molar-refractivity contribution in [3.63, 3.8) is 0 Å². The fraction of sp³-hybridized carbons (Fsp3) is 0.467. The largest absolute Gasteiger partial charge is 0.346 e. The number of aromatic amines is 1. The van der Waals surface area contributed by atoms with E-state index in [1.807, 2.05) is 24.3 Å². The van der Waals surface area contributed by atoms with Crippen LogP contribution in [0.2, 0.25) is 0 Å². The number of hydrogen-bond acceptors (Lipinski definition) is 4. The Morgan fingerprint density at radius 3 is 3.00 bits per heavy atom. The first-order valence-electron chi connectivity index (χ1n) is 7.17. The molecule has 0 aliphatic rings. The molecular formula is C15H22N4OS. The number of nitrogens with two attached hydrogens (primary N) is 1. The Bertz CT molecular complexity index is 551. The van der Waals surface area contributed by atoms with Gasteiger partial charge in [-0.25, -0.2) is 4.98 Å². The topological polar surface area (TPSA) is 83.8 Å². The van der Waals surface area contributed by atoms with Gasteiger partial charge in [0.1, 0.15) is 5.82 Å². The van der Waals surface area contributed by atoms with Crippen LogP contribution in [-0.4, -0.2) is 34.4 Å². The molecule has 1 amide bonds. The molecule has 0 spiro atoms. The van der Waals surface area contributed by atoms with Gasteiger partial charge in [-0.2, -0.15) is 11.8 Å². The molecule has 0 saturated heterocycles. The quantitative estimate of drug-likeness (QED) is 0.698. The second kappa shape index (κ2) is 8.05. The second-order valence-corrected chi connectivity index (χ2v) is 5.92. The van der Waals surface area contributed by atoms with Crippen molar-refractivity contribution in [1.82, 2.24) is 15.3 Å². The van der Waals surface area contributed by atoms with E-state index in [1.165, 1.54) is 0 Å². The van der Waals surface area contributed by atoms with E-state index in [1.54, 1.807) is 11.8 Å². The normalized spacial score (nSPS) is 12.5. The van der Waals surface area contributed by atoms with E-state index >= 15 is 0 Å². The van der Waals surface area contributed by atoms with Crippen molar-refractivity contribution >= 4 is 28.7 Å². The van der Waals surface area contributed by atoms with Gasteiger partial charge in [0.05, 0.1) is 17.1 Å². The van der Waals surface area contributed by atoms with Crippen molar-refractivity contribution in [2.75, 3.05) is 18.6 Å². The number of aromatic nitrogens is 2. The maximum Gasteiger partial charge on any atom is 0.220 e. The van der Waals surface area contributed by atoms with Crippen molar-refractivity contribution in [1.29, 1.82) is 0 Å². The van der Waals surface area contributed by atoms with Gasteiger partial charge in [-0.3, -0.25) is 4.79 Å². The lowest BCUT2D eigenvalue weighted by Crippen LogP contribution is -2.30. The van der Waals surface area contributed by atoms with E-state index in [9.17, 15) is 4.79 Å². The van der Waals surface area contributed by atoms with Crippen LogP contribution < -0.4 is 11.1 Å². The summed E-state index contributed by atoms with van der Waals surface area (Å²) in [6.07, 6.45) is 4.09. The van der Waals surface area contributed by atoms with Crippen LogP contribution in [0.15, 0.2) is 24.3 Å². The molecule has 2 rings (SSSR count). The van der Waals surface area contributed by atoms with Crippen molar-refractivity contribution in [2.45, 2.75) is 25.3 Å². The van der Waals surface area contributed by atoms with E-state index < -0.39 is 0 Å². The van der Waals surface area contributed by atoms with E-state index in [0.717, 1.165) is 29.0 Å². The van der Waals surface area contributed by atoms with Crippen molar-refractivity contribution in [3.05, 3.63) is 30.1 Å². The highest BCUT2D eigenvalue weighted by Crippen LogP contribution is 2.20. The van der Waals surface area contributed by atoms with Crippen LogP contribution in [-0.2, 0) is 4.79 Å². The molecule has 0 aliphatic carbocycles. The number of carbonyl (C=O) groups is 1. The molecule has 1 unspecified atom stereocenters. The minimum atomic E-state index is -0.0740. The van der Waals surface area contributed by atoms with Gasteiger partial charge in [0.25, 0.3) is 0 Å². The maximum atomic E-state index is 11.9. The van der Waals surface area contributed by atoms with Crippen molar-refractivity contribution in [2.24, 2.45) is 5.73 Å². The molecule has 21 heavy (non-hydrogen) atoms. The van der Waals surface area contributed by atoms with Gasteiger partial charge in [0.2, 0.25) is 5.91 Å². The molecule has 1 aromatic heterocycles. The molecular weight excluding hydrogens is 284 g/mol. The minimum absolute atomic E-state index is 0.0343. The molecule has 1 heterocycles. The highest BCUT2D eigenvalue weighted by atomic mass is 32.2. The summed E-state index contributed by atoms with van der Waals surface area (Å²) in [5, 5.41) is 3.06. The van der Waals surface area contributed by atoms with Gasteiger partial charge in [-0.15, -0.1) is 0 Å². The first kappa shape index (κ1) is 15.9. The predicted molar refractivity (Wildman–Crippen MR) is 88.3 cm³/mol. The zero-order valence-corrected chi connectivity index (χ0v) is 13.1. The lowest BCUT2D eigenvalue weighted by Gasteiger charge is -2.16. The third-order valence-electron chi connectivity index (χ3n) is 3.29. The predicted octanol–water partition coefficient (Wildman–Crippen LogP) is 2.21. The first-order valence-corrected chi connectivity index (χ1v) is 8.57. The summed E-state index contributed by atoms with van der Waals surface area (Å²) in [5.41, 5.74) is 7.37. The average Bonchev–Trinajstić information content (AvgIpc) is 2.93. The molecule has 0 fully saturated rings. The van der Waals surface area contributed by atoms with E-state index in [-0.39, 0.29) is 11.9 Å². The van der Waals surface area contributed by atoms with Crippen LogP contribution in [0.1, 0.15) is 31.1 Å². The number of nitrogens with one attached hydrogen (secondary N) is 2. The number of amides is 1. The van der Waals surface area contributed by atoms with Gasteiger partial charge in [0, 0.05) is 6.42 Å². The fourth-order valence-corrected chi connectivity index (χ4v) is 2.65. The number of fused-ring (bicyclic) bond motifs is 1. The molecule has 0 bridgehead atoms. The molecule has 2 aromatic rings. The average molecular weight is 306 g/mol. The molecule has 114 valence electrons. The zero-order valence-electron chi connectivity index (χ0n) is 12.3. The zero-order chi connectivity index (χ0) is 15.1. The number of hydrogen-bond donors (Lipinski definition) is 3. The summed E-state index contributed by atoms with van der Waals surface area (Å²) in [6.45, 7) is 0.535. The Morgan fingerprint density at radius 2 is 2.29 bits per heavy atom. The molecule has 0 aliphatic heterocycles. The highest BCUT2D eigenvalue weighted by molar-refractivity contribution is 7.98. The Labute approximate surface area is 129 Å². The van der Waals surface area contributed by atoms with Gasteiger partial charge in [0.15, 0.2) is 0 Å². The third-order valence-corrected chi connectivity index (χ3v) is 3.94. The lowest BCUT2D eigenvalue weighted by atomic mass is 10.2. The number of nitrogens with zero attached hydrogens (tertiary/aromatic N) is 1. The molecule has 5 nitrogen and oxygen atoms in total. The first-order chi connectivity index (χ1) is 10.2. The summed E-state index contributed by atoms with van der Waals surface area (Å²) in [4.78, 5) is 19.9. The molecule has 4 N–H and O–H groups in total. The van der Waals surface area contributed by atoms with Gasteiger partial charge >= 0.3 is 0 Å². The minimum Gasteiger partial charge on any atom is -0.346 e. The lowest BCUT2D eigenvalue weighted by molar-refractivity contribution is -0.122. The van der Waals surface area contributed by atoms with Crippen LogP contribution in [0, 0.1) is 0 Å². The van der Waals surface area contributed by atoms with Crippen LogP contribution in [0.3, 0.4) is 0 Å². The summed E-state index contributed by atoms with van der Waals surface area (Å²) in [7, 11) is 0. The Kier molecular flexibility index (Phi) is 6.07. The molecule has 0 saturated carbocycles. The molecule has 6 heteroatoms. The number of para-hydroxylation sites is 2. The van der Waals surface area contributed by atoms with Crippen molar-refractivity contribution in [3.8, 4) is 0 Å². The van der Waals surface area contributed by atoms with Gasteiger partial charge < -0.3 is 16.0 Å². The Balaban J connectivity index is 2.12. The number of H-pyrrole nitrogens is 1. The number of rotatable bonds is 8. The fourth-order valence-electron chi connectivity index (χ4n) is 2.18. The number of imidazole rings is 1. The van der Waals surface area contributed by atoms with Crippen molar-refractivity contribution < 1.29 is 4.79 Å². The standard InChI is InChI=1S/C15H22N4OS/c1-21-10-8-13(17-14(20)7-4-9-16)15-18-11-5-2-3-6-12(11)19-15/h2-3,5-6,13H,4,7-10,16H2,1H3,(H,17,20)(H,18,19). The van der Waals surface area contributed by atoms with Gasteiger partial charge in [-0.05, 0) is 43.5 Å². The van der Waals surface area contributed by atoms with E-state index in [0.29, 0.717) is 19.4 Å². The van der Waals surface area contributed by atoms with Crippen LogP contribution in [0.25, 0.3) is 11.0 Å². The van der Waals surface area contributed by atoms with Crippen LogP contribution >= 0.6 is 11.8 Å². The maximum absolute atomic E-state index is 11.9.